The van der Waals surface area contributed by atoms with E-state index in [-0.39, 0.29) is 22.3 Å². The molecule has 1 aromatic heterocycles. The largest absolute Gasteiger partial charge is 0.490 e. The average Bonchev–Trinajstić information content (AvgIpc) is 3.11. The fourth-order valence-corrected chi connectivity index (χ4v) is 4.47. The number of fused-ring (bicyclic) bond motifs is 2. The molecule has 0 aliphatic carbocycles. The molecule has 0 fully saturated rings. The van der Waals surface area contributed by atoms with Crippen molar-refractivity contribution in [1.82, 2.24) is 0 Å². The van der Waals surface area contributed by atoms with Gasteiger partial charge in [-0.2, -0.15) is 0 Å². The molecule has 7 heteroatoms. The Labute approximate surface area is 196 Å². The lowest BCUT2D eigenvalue weighted by atomic mass is 9.98. The normalized spacial score (nSPS) is 15.0. The number of carbonyl (C=O) groups is 1. The Morgan fingerprint density at radius 3 is 2.70 bits per heavy atom. The molecule has 0 spiro atoms. The molecule has 33 heavy (non-hydrogen) atoms. The van der Waals surface area contributed by atoms with Gasteiger partial charge in [0.25, 0.3) is 5.91 Å². The Kier molecular flexibility index (Phi) is 5.34. The molecule has 0 radical (unpaired) electrons. The summed E-state index contributed by atoms with van der Waals surface area (Å²) in [5.41, 5.74) is 1.12. The molecule has 0 saturated heterocycles. The van der Waals surface area contributed by atoms with Crippen LogP contribution in [0.15, 0.2) is 93.1 Å². The molecule has 5 nitrogen and oxygen atoms in total. The Morgan fingerprint density at radius 2 is 1.91 bits per heavy atom. The van der Waals surface area contributed by atoms with Crippen LogP contribution in [0.2, 0.25) is 0 Å². The van der Waals surface area contributed by atoms with Crippen molar-refractivity contribution in [3.63, 3.8) is 0 Å². The standard InChI is InChI=1S/C26H17BrFNO4/c1-2-11-32-19-8-3-5-15(12-19)23-22-24(30)20-14-17(28)9-10-21(20)33-25(22)26(31)29(23)18-7-4-6-16(27)13-18/h2-10,12-14,23H,1,11H2. The minimum Gasteiger partial charge on any atom is -0.490 e. The van der Waals surface area contributed by atoms with Gasteiger partial charge in [-0.3, -0.25) is 14.5 Å². The predicted molar refractivity (Wildman–Crippen MR) is 127 cm³/mol. The first-order chi connectivity index (χ1) is 16.0. The molecule has 0 N–H and O–H groups in total. The summed E-state index contributed by atoms with van der Waals surface area (Å²) in [6.07, 6.45) is 1.63. The Morgan fingerprint density at radius 1 is 1.09 bits per heavy atom. The predicted octanol–water partition coefficient (Wildman–Crippen LogP) is 6.01. The van der Waals surface area contributed by atoms with E-state index in [4.69, 9.17) is 9.15 Å². The van der Waals surface area contributed by atoms with Gasteiger partial charge in [0.05, 0.1) is 17.0 Å². The lowest BCUT2D eigenvalue weighted by Gasteiger charge is -2.25. The molecule has 0 saturated carbocycles. The molecular weight excluding hydrogens is 489 g/mol. The monoisotopic (exact) mass is 505 g/mol. The maximum absolute atomic E-state index is 13.9. The van der Waals surface area contributed by atoms with Gasteiger partial charge in [-0.05, 0) is 54.1 Å². The topological polar surface area (TPSA) is 59.8 Å². The van der Waals surface area contributed by atoms with Crippen molar-refractivity contribution in [3.05, 3.63) is 117 Å². The Balaban J connectivity index is 1.78. The quantitative estimate of drug-likeness (QED) is 0.311. The summed E-state index contributed by atoms with van der Waals surface area (Å²) < 4.78 is 26.2. The van der Waals surface area contributed by atoms with Gasteiger partial charge in [0.15, 0.2) is 5.43 Å². The molecule has 1 unspecified atom stereocenters. The van der Waals surface area contributed by atoms with E-state index in [9.17, 15) is 14.0 Å². The molecule has 1 atom stereocenters. The number of anilines is 1. The van der Waals surface area contributed by atoms with Crippen molar-refractivity contribution in [1.29, 1.82) is 0 Å². The molecule has 2 heterocycles. The van der Waals surface area contributed by atoms with Crippen LogP contribution >= 0.6 is 15.9 Å². The Hall–Kier alpha value is -3.71. The van der Waals surface area contributed by atoms with Crippen LogP contribution in [0, 0.1) is 5.82 Å². The number of benzene rings is 3. The lowest BCUT2D eigenvalue weighted by Crippen LogP contribution is -2.29. The highest BCUT2D eigenvalue weighted by molar-refractivity contribution is 9.10. The van der Waals surface area contributed by atoms with Crippen LogP contribution in [0.1, 0.15) is 27.7 Å². The summed E-state index contributed by atoms with van der Waals surface area (Å²) in [5, 5.41) is 0.0849. The smallest absolute Gasteiger partial charge is 0.295 e. The highest BCUT2D eigenvalue weighted by Gasteiger charge is 2.43. The van der Waals surface area contributed by atoms with Gasteiger partial charge in [-0.25, -0.2) is 4.39 Å². The van der Waals surface area contributed by atoms with Crippen molar-refractivity contribution < 1.29 is 18.3 Å². The highest BCUT2D eigenvalue weighted by atomic mass is 79.9. The van der Waals surface area contributed by atoms with Gasteiger partial charge in [0.2, 0.25) is 5.76 Å². The molecule has 3 aromatic carbocycles. The van der Waals surface area contributed by atoms with Gasteiger partial charge in [0.1, 0.15) is 23.8 Å². The minimum atomic E-state index is -0.780. The SMILES string of the molecule is C=CCOc1cccc(C2c3c(oc4ccc(F)cc4c3=O)C(=O)N2c2cccc(Br)c2)c1. The van der Waals surface area contributed by atoms with Gasteiger partial charge in [0, 0.05) is 10.2 Å². The number of nitrogens with zero attached hydrogens (tertiary/aromatic N) is 1. The number of hydrogen-bond acceptors (Lipinski definition) is 4. The lowest BCUT2D eigenvalue weighted by molar-refractivity contribution is 0.0971. The highest BCUT2D eigenvalue weighted by Crippen LogP contribution is 2.42. The molecule has 1 aliphatic rings. The molecule has 164 valence electrons. The van der Waals surface area contributed by atoms with E-state index in [0.717, 1.165) is 10.5 Å². The van der Waals surface area contributed by atoms with E-state index in [1.807, 2.05) is 12.1 Å². The third-order valence-electron chi connectivity index (χ3n) is 5.46. The van der Waals surface area contributed by atoms with Crippen LogP contribution in [0.4, 0.5) is 10.1 Å². The van der Waals surface area contributed by atoms with E-state index in [1.165, 1.54) is 17.0 Å². The van der Waals surface area contributed by atoms with Crippen molar-refractivity contribution in [2.24, 2.45) is 0 Å². The summed E-state index contributed by atoms with van der Waals surface area (Å²) in [6.45, 7) is 3.97. The number of hydrogen-bond donors (Lipinski definition) is 0. The van der Waals surface area contributed by atoms with E-state index < -0.39 is 23.2 Å². The van der Waals surface area contributed by atoms with E-state index in [0.29, 0.717) is 23.6 Å². The van der Waals surface area contributed by atoms with Crippen molar-refractivity contribution in [3.8, 4) is 5.75 Å². The summed E-state index contributed by atoms with van der Waals surface area (Å²) in [6, 6.07) is 17.3. The van der Waals surface area contributed by atoms with Gasteiger partial charge in [-0.15, -0.1) is 0 Å². The fraction of sp³-hybridized carbons (Fsp3) is 0.0769. The van der Waals surface area contributed by atoms with Crippen LogP contribution in [-0.2, 0) is 0 Å². The van der Waals surface area contributed by atoms with Crippen LogP contribution in [-0.4, -0.2) is 12.5 Å². The molecule has 5 rings (SSSR count). The van der Waals surface area contributed by atoms with E-state index in [2.05, 4.69) is 22.5 Å². The first-order valence-corrected chi connectivity index (χ1v) is 11.0. The zero-order chi connectivity index (χ0) is 23.1. The maximum atomic E-state index is 13.9. The zero-order valence-electron chi connectivity index (χ0n) is 17.3. The first-order valence-electron chi connectivity index (χ1n) is 10.2. The molecule has 1 amide bonds. The number of halogens is 2. The van der Waals surface area contributed by atoms with Crippen LogP contribution in [0.3, 0.4) is 0 Å². The third kappa shape index (κ3) is 3.64. The van der Waals surface area contributed by atoms with Crippen molar-refractivity contribution in [2.75, 3.05) is 11.5 Å². The summed E-state index contributed by atoms with van der Waals surface area (Å²) >= 11 is 3.44. The maximum Gasteiger partial charge on any atom is 0.295 e. The van der Waals surface area contributed by atoms with Gasteiger partial charge in [-0.1, -0.05) is 46.8 Å². The summed E-state index contributed by atoms with van der Waals surface area (Å²) in [5.74, 6) is -0.492. The number of carbonyl (C=O) groups excluding carboxylic acids is 1. The number of amides is 1. The van der Waals surface area contributed by atoms with Gasteiger partial charge >= 0.3 is 0 Å². The van der Waals surface area contributed by atoms with Crippen LogP contribution in [0.5, 0.6) is 5.75 Å². The second kappa shape index (κ2) is 8.33. The van der Waals surface area contributed by atoms with Gasteiger partial charge < -0.3 is 9.15 Å². The van der Waals surface area contributed by atoms with Crippen molar-refractivity contribution >= 4 is 38.5 Å². The van der Waals surface area contributed by atoms with Crippen molar-refractivity contribution in [2.45, 2.75) is 6.04 Å². The summed E-state index contributed by atoms with van der Waals surface area (Å²) in [7, 11) is 0. The Bertz CT molecular complexity index is 1480. The second-order valence-corrected chi connectivity index (χ2v) is 8.46. The van der Waals surface area contributed by atoms with E-state index >= 15 is 0 Å². The minimum absolute atomic E-state index is 0.0542. The van der Waals surface area contributed by atoms with Crippen LogP contribution < -0.4 is 15.1 Å². The fourth-order valence-electron chi connectivity index (χ4n) is 4.08. The number of ether oxygens (including phenoxy) is 1. The summed E-state index contributed by atoms with van der Waals surface area (Å²) in [4.78, 5) is 28.6. The third-order valence-corrected chi connectivity index (χ3v) is 5.95. The second-order valence-electron chi connectivity index (χ2n) is 7.54. The average molecular weight is 506 g/mol. The van der Waals surface area contributed by atoms with E-state index in [1.54, 1.807) is 42.5 Å². The molecule has 0 bridgehead atoms. The molecule has 1 aliphatic heterocycles. The first kappa shape index (κ1) is 21.2. The zero-order valence-corrected chi connectivity index (χ0v) is 18.8. The van der Waals surface area contributed by atoms with Crippen LogP contribution in [0.25, 0.3) is 11.0 Å². The molecule has 4 aromatic rings. The molecular formula is C26H17BrFNO4. The number of rotatable bonds is 5.